The van der Waals surface area contributed by atoms with Crippen LogP contribution in [0.4, 0.5) is 11.4 Å². The van der Waals surface area contributed by atoms with E-state index in [1.807, 2.05) is 43.5 Å². The van der Waals surface area contributed by atoms with Crippen molar-refractivity contribution in [2.24, 2.45) is 0 Å². The minimum absolute atomic E-state index is 0.0955. The maximum atomic E-state index is 11.8. The van der Waals surface area contributed by atoms with Gasteiger partial charge in [0.05, 0.1) is 29.7 Å². The van der Waals surface area contributed by atoms with E-state index in [1.54, 1.807) is 6.07 Å². The molecule has 2 fully saturated rings. The van der Waals surface area contributed by atoms with Crippen LogP contribution in [-0.2, 0) is 10.0 Å². The lowest BCUT2D eigenvalue weighted by atomic mass is 9.96. The number of benzene rings is 1. The van der Waals surface area contributed by atoms with Gasteiger partial charge in [-0.25, -0.2) is 8.42 Å². The third-order valence-corrected chi connectivity index (χ3v) is 8.32. The number of anilines is 2. The van der Waals surface area contributed by atoms with Gasteiger partial charge in [0, 0.05) is 29.3 Å². The Balaban J connectivity index is 1.62. The van der Waals surface area contributed by atoms with Gasteiger partial charge >= 0.3 is 0 Å². The molecule has 2 aromatic heterocycles. The topological polar surface area (TPSA) is 79.3 Å². The lowest BCUT2D eigenvalue weighted by Gasteiger charge is -2.29. The standard InChI is InChI=1S/C27H33N5O2S2/c1-17-15-21(12-13-23(17)30-36(4,33)34)32-26(25(29-27(32)35)24-11-7-8-14-28-24)22-16-18(2)31(19(22)3)20-9-5-6-10-20/h7-8,11-16,20,25-26,30H,5-6,9-10H2,1-4H3,(H,29,35)/t25-,26+/m0/s1. The van der Waals surface area contributed by atoms with Crippen LogP contribution in [0.3, 0.4) is 0 Å². The first-order valence-electron chi connectivity index (χ1n) is 12.4. The summed E-state index contributed by atoms with van der Waals surface area (Å²) in [5.74, 6) is 0. The van der Waals surface area contributed by atoms with Gasteiger partial charge in [0.1, 0.15) is 0 Å². The first kappa shape index (κ1) is 24.8. The number of rotatable bonds is 6. The molecule has 1 saturated carbocycles. The molecule has 0 bridgehead atoms. The molecule has 2 aliphatic rings. The quantitative estimate of drug-likeness (QED) is 0.417. The molecular formula is C27H33N5O2S2. The zero-order valence-corrected chi connectivity index (χ0v) is 22.8. The number of aryl methyl sites for hydroxylation is 2. The van der Waals surface area contributed by atoms with Gasteiger partial charge in [-0.3, -0.25) is 9.71 Å². The largest absolute Gasteiger partial charge is 0.351 e. The molecule has 3 heterocycles. The normalized spacial score (nSPS) is 20.7. The summed E-state index contributed by atoms with van der Waals surface area (Å²) in [6, 6.07) is 14.3. The molecule has 9 heteroatoms. The Kier molecular flexibility index (Phi) is 6.55. The van der Waals surface area contributed by atoms with E-state index in [0.717, 1.165) is 23.2 Å². The van der Waals surface area contributed by atoms with E-state index in [4.69, 9.17) is 12.2 Å². The molecule has 1 aromatic carbocycles. The predicted octanol–water partition coefficient (Wildman–Crippen LogP) is 5.47. The molecule has 1 aliphatic heterocycles. The molecular weight excluding hydrogens is 490 g/mol. The third-order valence-electron chi connectivity index (χ3n) is 7.41. The number of hydrogen-bond donors (Lipinski definition) is 2. The zero-order chi connectivity index (χ0) is 25.6. The average molecular weight is 524 g/mol. The Bertz CT molecular complexity index is 1400. The minimum atomic E-state index is -3.37. The Labute approximate surface area is 219 Å². The van der Waals surface area contributed by atoms with Gasteiger partial charge in [-0.15, -0.1) is 0 Å². The van der Waals surface area contributed by atoms with Gasteiger partial charge in [0.15, 0.2) is 5.11 Å². The van der Waals surface area contributed by atoms with Crippen LogP contribution in [0.5, 0.6) is 0 Å². The highest BCUT2D eigenvalue weighted by molar-refractivity contribution is 7.92. The second kappa shape index (κ2) is 9.52. The van der Waals surface area contributed by atoms with E-state index in [9.17, 15) is 8.42 Å². The molecule has 3 aromatic rings. The van der Waals surface area contributed by atoms with Crippen LogP contribution in [-0.4, -0.2) is 29.3 Å². The van der Waals surface area contributed by atoms with Crippen molar-refractivity contribution in [1.29, 1.82) is 0 Å². The Morgan fingerprint density at radius 2 is 1.83 bits per heavy atom. The van der Waals surface area contributed by atoms with Gasteiger partial charge in [-0.05, 0) is 93.4 Å². The number of thiocarbonyl (C=S) groups is 1. The molecule has 5 rings (SSSR count). The van der Waals surface area contributed by atoms with Crippen molar-refractivity contribution >= 4 is 38.7 Å². The summed E-state index contributed by atoms with van der Waals surface area (Å²) in [5.41, 5.74) is 7.03. The summed E-state index contributed by atoms with van der Waals surface area (Å²) < 4.78 is 28.7. The fourth-order valence-corrected chi connectivity index (χ4v) is 6.86. The van der Waals surface area contributed by atoms with Crippen LogP contribution < -0.4 is 14.9 Å². The van der Waals surface area contributed by atoms with Gasteiger partial charge in [0.2, 0.25) is 10.0 Å². The van der Waals surface area contributed by atoms with Crippen molar-refractivity contribution in [2.45, 2.75) is 64.6 Å². The van der Waals surface area contributed by atoms with E-state index in [1.165, 1.54) is 42.6 Å². The van der Waals surface area contributed by atoms with E-state index in [2.05, 4.69) is 44.4 Å². The van der Waals surface area contributed by atoms with Gasteiger partial charge in [0.25, 0.3) is 0 Å². The molecule has 0 amide bonds. The minimum Gasteiger partial charge on any atom is -0.351 e. The van der Waals surface area contributed by atoms with Crippen molar-refractivity contribution in [3.05, 3.63) is 76.9 Å². The van der Waals surface area contributed by atoms with E-state index >= 15 is 0 Å². The lowest BCUT2D eigenvalue weighted by molar-refractivity contribution is 0.494. The lowest BCUT2D eigenvalue weighted by Crippen LogP contribution is -2.29. The second-order valence-corrected chi connectivity index (χ2v) is 12.1. The summed E-state index contributed by atoms with van der Waals surface area (Å²) in [5, 5.41) is 4.17. The maximum Gasteiger partial charge on any atom is 0.229 e. The smallest absolute Gasteiger partial charge is 0.229 e. The summed E-state index contributed by atoms with van der Waals surface area (Å²) in [4.78, 5) is 6.83. The van der Waals surface area contributed by atoms with Crippen molar-refractivity contribution in [1.82, 2.24) is 14.9 Å². The number of hydrogen-bond acceptors (Lipinski definition) is 4. The van der Waals surface area contributed by atoms with Crippen LogP contribution in [0.1, 0.15) is 72.0 Å². The predicted molar refractivity (Wildman–Crippen MR) is 149 cm³/mol. The second-order valence-electron chi connectivity index (χ2n) is 10.0. The van der Waals surface area contributed by atoms with Crippen LogP contribution in [0.25, 0.3) is 0 Å². The summed E-state index contributed by atoms with van der Waals surface area (Å²) in [7, 11) is -3.37. The molecule has 190 valence electrons. The van der Waals surface area contributed by atoms with E-state index < -0.39 is 10.0 Å². The maximum absolute atomic E-state index is 11.8. The van der Waals surface area contributed by atoms with Crippen molar-refractivity contribution < 1.29 is 8.42 Å². The SMILES string of the molecule is Cc1cc(N2C(=S)N[C@@H](c3ccccn3)[C@H]2c2cc(C)n(C3CCCC3)c2C)ccc1NS(C)(=O)=O. The molecule has 1 saturated heterocycles. The van der Waals surface area contributed by atoms with Gasteiger partial charge in [-0.2, -0.15) is 0 Å². The molecule has 0 spiro atoms. The highest BCUT2D eigenvalue weighted by Gasteiger charge is 2.42. The molecule has 1 aliphatic carbocycles. The Hall–Kier alpha value is -2.91. The molecule has 2 atom stereocenters. The number of pyridine rings is 1. The monoisotopic (exact) mass is 523 g/mol. The van der Waals surface area contributed by atoms with E-state index in [0.29, 0.717) is 16.8 Å². The fraction of sp³-hybridized carbons (Fsp3) is 0.407. The van der Waals surface area contributed by atoms with Gasteiger partial charge in [-0.1, -0.05) is 18.9 Å². The molecule has 7 nitrogen and oxygen atoms in total. The fourth-order valence-electron chi connectivity index (χ4n) is 5.89. The van der Waals surface area contributed by atoms with Crippen molar-refractivity contribution in [3.8, 4) is 0 Å². The van der Waals surface area contributed by atoms with Gasteiger partial charge < -0.3 is 14.8 Å². The van der Waals surface area contributed by atoms with Crippen molar-refractivity contribution in [2.75, 3.05) is 15.9 Å². The summed E-state index contributed by atoms with van der Waals surface area (Å²) in [6.45, 7) is 6.33. The first-order chi connectivity index (χ1) is 17.1. The highest BCUT2D eigenvalue weighted by atomic mass is 32.2. The first-order valence-corrected chi connectivity index (χ1v) is 14.7. The van der Waals surface area contributed by atoms with E-state index in [-0.39, 0.29) is 12.1 Å². The number of sulfonamides is 1. The third kappa shape index (κ3) is 4.62. The highest BCUT2D eigenvalue weighted by Crippen LogP contribution is 2.45. The molecule has 36 heavy (non-hydrogen) atoms. The van der Waals surface area contributed by atoms with Crippen LogP contribution >= 0.6 is 12.2 Å². The van der Waals surface area contributed by atoms with Crippen LogP contribution in [0, 0.1) is 20.8 Å². The Morgan fingerprint density at radius 3 is 2.47 bits per heavy atom. The summed E-state index contributed by atoms with van der Waals surface area (Å²) in [6.07, 6.45) is 7.98. The number of aromatic nitrogens is 2. The van der Waals surface area contributed by atoms with Crippen LogP contribution in [0.2, 0.25) is 0 Å². The number of nitrogens with zero attached hydrogens (tertiary/aromatic N) is 3. The average Bonchev–Trinajstić information content (AvgIpc) is 3.53. The Morgan fingerprint density at radius 1 is 1.08 bits per heavy atom. The number of nitrogens with one attached hydrogen (secondary N) is 2. The molecule has 0 unspecified atom stereocenters. The summed E-state index contributed by atoms with van der Waals surface area (Å²) >= 11 is 5.90. The zero-order valence-electron chi connectivity index (χ0n) is 21.2. The molecule has 0 radical (unpaired) electrons. The van der Waals surface area contributed by atoms with Crippen molar-refractivity contribution in [3.63, 3.8) is 0 Å². The van der Waals surface area contributed by atoms with Crippen LogP contribution in [0.15, 0.2) is 48.7 Å². The molecule has 2 N–H and O–H groups in total.